The molecule has 0 aliphatic heterocycles. The van der Waals surface area contributed by atoms with Gasteiger partial charge in [0.25, 0.3) is 0 Å². The molecular formula is C23H25NO3. The minimum atomic E-state index is -0.378. The highest BCUT2D eigenvalue weighted by molar-refractivity contribution is 5.94. The van der Waals surface area contributed by atoms with Crippen LogP contribution in [0.15, 0.2) is 59.4 Å². The van der Waals surface area contributed by atoms with Crippen LogP contribution in [-0.2, 0) is 9.53 Å². The fourth-order valence-electron chi connectivity index (χ4n) is 3.09. The first-order valence-corrected chi connectivity index (χ1v) is 9.32. The number of esters is 1. The first-order valence-electron chi connectivity index (χ1n) is 9.32. The summed E-state index contributed by atoms with van der Waals surface area (Å²) < 4.78 is 5.41. The van der Waals surface area contributed by atoms with Gasteiger partial charge in [-0.25, -0.2) is 0 Å². The Labute approximate surface area is 159 Å². The quantitative estimate of drug-likeness (QED) is 0.622. The molecule has 4 heteroatoms. The SMILES string of the molecule is CCN(C)CCOC(=O)C(C)c1ccc2c(=O)c3ccccc3ccc2c1. The van der Waals surface area contributed by atoms with E-state index >= 15 is 0 Å². The molecule has 0 N–H and O–H groups in total. The van der Waals surface area contributed by atoms with Crippen molar-refractivity contribution in [1.82, 2.24) is 4.90 Å². The average molecular weight is 363 g/mol. The Morgan fingerprint density at radius 1 is 1.04 bits per heavy atom. The Bertz CT molecular complexity index is 1030. The minimum Gasteiger partial charge on any atom is -0.464 e. The average Bonchev–Trinajstić information content (AvgIpc) is 2.84. The summed E-state index contributed by atoms with van der Waals surface area (Å²) in [5.74, 6) is -0.622. The van der Waals surface area contributed by atoms with Crippen LogP contribution in [0.25, 0.3) is 21.5 Å². The fourth-order valence-corrected chi connectivity index (χ4v) is 3.09. The molecule has 0 aliphatic carbocycles. The van der Waals surface area contributed by atoms with Crippen LogP contribution in [0.2, 0.25) is 0 Å². The van der Waals surface area contributed by atoms with E-state index in [1.165, 1.54) is 0 Å². The lowest BCUT2D eigenvalue weighted by atomic mass is 9.98. The van der Waals surface area contributed by atoms with E-state index in [0.29, 0.717) is 23.9 Å². The third kappa shape index (κ3) is 4.17. The van der Waals surface area contributed by atoms with Crippen molar-refractivity contribution in [2.75, 3.05) is 26.7 Å². The van der Waals surface area contributed by atoms with Gasteiger partial charge in [0.15, 0.2) is 5.43 Å². The summed E-state index contributed by atoms with van der Waals surface area (Å²) in [6.45, 7) is 5.92. The van der Waals surface area contributed by atoms with Crippen molar-refractivity contribution in [3.05, 3.63) is 70.4 Å². The number of hydrogen-bond donors (Lipinski definition) is 0. The second kappa shape index (κ2) is 8.31. The lowest BCUT2D eigenvalue weighted by molar-refractivity contribution is -0.145. The number of nitrogens with zero attached hydrogens (tertiary/aromatic N) is 1. The summed E-state index contributed by atoms with van der Waals surface area (Å²) in [4.78, 5) is 27.3. The van der Waals surface area contributed by atoms with Gasteiger partial charge in [-0.3, -0.25) is 9.59 Å². The molecule has 0 fully saturated rings. The van der Waals surface area contributed by atoms with Crippen molar-refractivity contribution in [1.29, 1.82) is 0 Å². The standard InChI is InChI=1S/C23H25NO3/c1-4-24(3)13-14-27-23(26)16(2)18-11-12-21-19(15-18)10-9-17-7-5-6-8-20(17)22(21)25/h5-12,15-16H,4,13-14H2,1-3H3. The number of ether oxygens (including phenoxy) is 1. The van der Waals surface area contributed by atoms with E-state index in [1.54, 1.807) is 0 Å². The van der Waals surface area contributed by atoms with Gasteiger partial charge in [-0.15, -0.1) is 0 Å². The van der Waals surface area contributed by atoms with E-state index in [9.17, 15) is 9.59 Å². The molecule has 0 spiro atoms. The molecule has 1 unspecified atom stereocenters. The Morgan fingerprint density at radius 2 is 1.74 bits per heavy atom. The van der Waals surface area contributed by atoms with E-state index in [-0.39, 0.29) is 17.3 Å². The molecule has 0 heterocycles. The van der Waals surface area contributed by atoms with Gasteiger partial charge in [-0.1, -0.05) is 61.5 Å². The topological polar surface area (TPSA) is 46.6 Å². The van der Waals surface area contributed by atoms with Gasteiger partial charge in [0, 0.05) is 17.3 Å². The first kappa shape index (κ1) is 19.1. The maximum atomic E-state index is 12.8. The fraction of sp³-hybridized carbons (Fsp3) is 0.304. The van der Waals surface area contributed by atoms with Crippen LogP contribution in [-0.4, -0.2) is 37.6 Å². The number of carbonyl (C=O) groups is 1. The third-order valence-corrected chi connectivity index (χ3v) is 5.08. The highest BCUT2D eigenvalue weighted by Crippen LogP contribution is 2.22. The zero-order valence-corrected chi connectivity index (χ0v) is 16.1. The number of likely N-dealkylation sites (N-methyl/N-ethyl adjacent to an activating group) is 1. The molecule has 1 atom stereocenters. The molecule has 3 rings (SSSR count). The van der Waals surface area contributed by atoms with Gasteiger partial charge in [-0.2, -0.15) is 0 Å². The molecule has 140 valence electrons. The molecule has 0 amide bonds. The Hall–Kier alpha value is -2.72. The number of fused-ring (bicyclic) bond motifs is 2. The smallest absolute Gasteiger partial charge is 0.313 e. The highest BCUT2D eigenvalue weighted by Gasteiger charge is 2.17. The van der Waals surface area contributed by atoms with Crippen LogP contribution in [0.1, 0.15) is 25.3 Å². The van der Waals surface area contributed by atoms with E-state index in [4.69, 9.17) is 4.74 Å². The Balaban J connectivity index is 1.89. The zero-order chi connectivity index (χ0) is 19.4. The molecule has 4 nitrogen and oxygen atoms in total. The Kier molecular flexibility index (Phi) is 5.87. The number of benzene rings is 2. The van der Waals surface area contributed by atoms with Crippen LogP contribution >= 0.6 is 0 Å². The monoisotopic (exact) mass is 363 g/mol. The number of carbonyl (C=O) groups excluding carboxylic acids is 1. The van der Waals surface area contributed by atoms with Gasteiger partial charge >= 0.3 is 5.97 Å². The van der Waals surface area contributed by atoms with Crippen molar-refractivity contribution in [3.8, 4) is 0 Å². The van der Waals surface area contributed by atoms with Gasteiger partial charge < -0.3 is 9.64 Å². The van der Waals surface area contributed by atoms with Crippen molar-refractivity contribution in [3.63, 3.8) is 0 Å². The predicted molar refractivity (Wildman–Crippen MR) is 110 cm³/mol. The third-order valence-electron chi connectivity index (χ3n) is 5.08. The summed E-state index contributed by atoms with van der Waals surface area (Å²) in [5.41, 5.74) is 0.862. The van der Waals surface area contributed by atoms with Crippen molar-refractivity contribution in [2.24, 2.45) is 0 Å². The molecule has 27 heavy (non-hydrogen) atoms. The highest BCUT2D eigenvalue weighted by atomic mass is 16.5. The van der Waals surface area contributed by atoms with Crippen molar-refractivity contribution < 1.29 is 9.53 Å². The maximum absolute atomic E-state index is 12.8. The molecule has 3 aromatic rings. The van der Waals surface area contributed by atoms with E-state index in [2.05, 4.69) is 11.8 Å². The van der Waals surface area contributed by atoms with Crippen LogP contribution in [0.3, 0.4) is 0 Å². The van der Waals surface area contributed by atoms with E-state index < -0.39 is 0 Å². The molecule has 3 aromatic carbocycles. The summed E-state index contributed by atoms with van der Waals surface area (Å²) >= 11 is 0. The molecule has 0 bridgehead atoms. The molecule has 0 aromatic heterocycles. The van der Waals surface area contributed by atoms with Crippen LogP contribution in [0.4, 0.5) is 0 Å². The molecule has 0 aliphatic rings. The predicted octanol–water partition coefficient (Wildman–Crippen LogP) is 3.95. The van der Waals surface area contributed by atoms with Crippen LogP contribution in [0, 0.1) is 0 Å². The molecule has 0 radical (unpaired) electrons. The lowest BCUT2D eigenvalue weighted by Crippen LogP contribution is -2.25. The summed E-state index contributed by atoms with van der Waals surface area (Å²) in [6, 6.07) is 17.0. The second-order valence-electron chi connectivity index (χ2n) is 6.88. The van der Waals surface area contributed by atoms with E-state index in [1.807, 2.05) is 68.6 Å². The normalized spacial score (nSPS) is 12.4. The van der Waals surface area contributed by atoms with Gasteiger partial charge in [0.05, 0.1) is 5.92 Å². The molecular weight excluding hydrogens is 338 g/mol. The first-order chi connectivity index (χ1) is 13.0. The maximum Gasteiger partial charge on any atom is 0.313 e. The van der Waals surface area contributed by atoms with Gasteiger partial charge in [0.1, 0.15) is 6.61 Å². The van der Waals surface area contributed by atoms with Crippen molar-refractivity contribution in [2.45, 2.75) is 19.8 Å². The van der Waals surface area contributed by atoms with Crippen molar-refractivity contribution >= 4 is 27.5 Å². The lowest BCUT2D eigenvalue weighted by Gasteiger charge is -2.16. The van der Waals surface area contributed by atoms with Crippen LogP contribution < -0.4 is 5.43 Å². The number of rotatable bonds is 6. The van der Waals surface area contributed by atoms with E-state index in [0.717, 1.165) is 22.9 Å². The zero-order valence-electron chi connectivity index (χ0n) is 16.1. The molecule has 0 saturated heterocycles. The molecule has 0 saturated carbocycles. The van der Waals surface area contributed by atoms with Gasteiger partial charge in [0.2, 0.25) is 0 Å². The van der Waals surface area contributed by atoms with Crippen LogP contribution in [0.5, 0.6) is 0 Å². The summed E-state index contributed by atoms with van der Waals surface area (Å²) in [7, 11) is 1.99. The largest absolute Gasteiger partial charge is 0.464 e. The number of hydrogen-bond acceptors (Lipinski definition) is 4. The Morgan fingerprint density at radius 3 is 2.52 bits per heavy atom. The minimum absolute atomic E-state index is 0.00924. The summed E-state index contributed by atoms with van der Waals surface area (Å²) in [6.07, 6.45) is 0. The van der Waals surface area contributed by atoms with Gasteiger partial charge in [-0.05, 0) is 36.9 Å². The summed E-state index contributed by atoms with van der Waals surface area (Å²) in [5, 5.41) is 3.10. The second-order valence-corrected chi connectivity index (χ2v) is 6.88.